The highest BCUT2D eigenvalue weighted by atomic mass is 19.1. The van der Waals surface area contributed by atoms with Crippen molar-refractivity contribution in [3.8, 4) is 0 Å². The van der Waals surface area contributed by atoms with E-state index in [-0.39, 0.29) is 11.9 Å². The molecule has 0 bridgehead atoms. The molecule has 0 aromatic heterocycles. The maximum atomic E-state index is 13.3. The quantitative estimate of drug-likeness (QED) is 0.750. The molecule has 0 spiro atoms. The van der Waals surface area contributed by atoms with Crippen molar-refractivity contribution < 1.29 is 13.6 Å². The molecule has 18 heavy (non-hydrogen) atoms. The molecular formula is C14H17F2NO. The largest absolute Gasteiger partial charge is 0.309 e. The predicted octanol–water partition coefficient (Wildman–Crippen LogP) is 3.51. The summed E-state index contributed by atoms with van der Waals surface area (Å²) < 4.78 is 26.5. The van der Waals surface area contributed by atoms with Crippen molar-refractivity contribution in [1.82, 2.24) is 0 Å². The molecular weight excluding hydrogens is 236 g/mol. The van der Waals surface area contributed by atoms with E-state index in [9.17, 15) is 13.6 Å². The van der Waals surface area contributed by atoms with Gasteiger partial charge in [-0.3, -0.25) is 4.79 Å². The normalized spacial score (nSPS) is 23.3. The van der Waals surface area contributed by atoms with Crippen LogP contribution in [0.25, 0.3) is 0 Å². The number of hydrogen-bond acceptors (Lipinski definition) is 1. The summed E-state index contributed by atoms with van der Waals surface area (Å²) in [5.41, 5.74) is -0.173. The minimum atomic E-state index is -0.659. The fraction of sp³-hybridized carbons (Fsp3) is 0.500. The number of carbonyl (C=O) groups excluding carboxylic acids is 1. The van der Waals surface area contributed by atoms with Crippen LogP contribution in [0.1, 0.15) is 33.6 Å². The van der Waals surface area contributed by atoms with Crippen molar-refractivity contribution in [2.45, 2.75) is 39.7 Å². The Labute approximate surface area is 106 Å². The molecule has 1 aromatic carbocycles. The summed E-state index contributed by atoms with van der Waals surface area (Å²) in [5, 5.41) is 0. The Morgan fingerprint density at radius 1 is 1.22 bits per heavy atom. The number of carbonyl (C=O) groups is 1. The molecule has 1 atom stereocenters. The smallest absolute Gasteiger partial charge is 0.232 e. The van der Waals surface area contributed by atoms with Gasteiger partial charge in [0.2, 0.25) is 5.91 Å². The van der Waals surface area contributed by atoms with Crippen LogP contribution in [0, 0.1) is 17.0 Å². The molecule has 1 heterocycles. The Balaban J connectivity index is 2.43. The molecule has 0 aliphatic carbocycles. The molecule has 1 aromatic rings. The van der Waals surface area contributed by atoms with Crippen LogP contribution in [0.2, 0.25) is 0 Å². The second-order valence-corrected chi connectivity index (χ2v) is 5.57. The number of rotatable bonds is 1. The van der Waals surface area contributed by atoms with Crippen LogP contribution in [0.3, 0.4) is 0 Å². The van der Waals surface area contributed by atoms with Crippen molar-refractivity contribution in [1.29, 1.82) is 0 Å². The van der Waals surface area contributed by atoms with Crippen molar-refractivity contribution in [2.24, 2.45) is 5.41 Å². The first-order chi connectivity index (χ1) is 8.31. The van der Waals surface area contributed by atoms with E-state index in [2.05, 4.69) is 0 Å². The lowest BCUT2D eigenvalue weighted by Crippen LogP contribution is -2.50. The number of benzene rings is 1. The topological polar surface area (TPSA) is 20.3 Å². The van der Waals surface area contributed by atoms with E-state index < -0.39 is 17.0 Å². The first-order valence-corrected chi connectivity index (χ1v) is 6.11. The first kappa shape index (κ1) is 13.0. The van der Waals surface area contributed by atoms with Gasteiger partial charge in [0.15, 0.2) is 0 Å². The third-order valence-corrected chi connectivity index (χ3v) is 3.55. The van der Waals surface area contributed by atoms with Gasteiger partial charge < -0.3 is 4.90 Å². The Bertz CT molecular complexity index is 464. The summed E-state index contributed by atoms with van der Waals surface area (Å²) in [5.74, 6) is -1.40. The summed E-state index contributed by atoms with van der Waals surface area (Å²) in [4.78, 5) is 13.9. The summed E-state index contributed by atoms with van der Waals surface area (Å²) in [7, 11) is 0. The van der Waals surface area contributed by atoms with Crippen molar-refractivity contribution in [2.75, 3.05) is 4.90 Å². The molecule has 1 fully saturated rings. The zero-order valence-electron chi connectivity index (χ0n) is 10.8. The van der Waals surface area contributed by atoms with Crippen LogP contribution in [0.15, 0.2) is 18.2 Å². The van der Waals surface area contributed by atoms with Crippen LogP contribution >= 0.6 is 0 Å². The van der Waals surface area contributed by atoms with Gasteiger partial charge in [-0.1, -0.05) is 13.8 Å². The van der Waals surface area contributed by atoms with E-state index in [1.165, 1.54) is 17.0 Å². The lowest BCUT2D eigenvalue weighted by atomic mass is 9.80. The SMILES string of the molecule is CC1CCC(C)(C)C(=O)N1c1cc(F)cc(F)c1. The molecule has 1 unspecified atom stereocenters. The summed E-state index contributed by atoms with van der Waals surface area (Å²) in [6.07, 6.45) is 1.62. The summed E-state index contributed by atoms with van der Waals surface area (Å²) in [6, 6.07) is 3.19. The molecule has 1 saturated heterocycles. The van der Waals surface area contributed by atoms with Gasteiger partial charge >= 0.3 is 0 Å². The summed E-state index contributed by atoms with van der Waals surface area (Å²) in [6.45, 7) is 5.63. The minimum absolute atomic E-state index is 0.0354. The van der Waals surface area contributed by atoms with E-state index in [0.717, 1.165) is 18.9 Å². The zero-order valence-corrected chi connectivity index (χ0v) is 10.8. The van der Waals surface area contributed by atoms with Gasteiger partial charge in [-0.15, -0.1) is 0 Å². The predicted molar refractivity (Wildman–Crippen MR) is 66.3 cm³/mol. The molecule has 98 valence electrons. The third-order valence-electron chi connectivity index (χ3n) is 3.55. The Morgan fingerprint density at radius 3 is 2.33 bits per heavy atom. The number of hydrogen-bond donors (Lipinski definition) is 0. The zero-order chi connectivity index (χ0) is 13.5. The van der Waals surface area contributed by atoms with Crippen LogP contribution in [0.4, 0.5) is 14.5 Å². The summed E-state index contributed by atoms with van der Waals surface area (Å²) >= 11 is 0. The molecule has 4 heteroatoms. The van der Waals surface area contributed by atoms with Crippen LogP contribution in [0.5, 0.6) is 0 Å². The van der Waals surface area contributed by atoms with Gasteiger partial charge in [0.25, 0.3) is 0 Å². The van der Waals surface area contributed by atoms with Gasteiger partial charge in [0, 0.05) is 23.2 Å². The number of halogens is 2. The molecule has 0 saturated carbocycles. The fourth-order valence-corrected chi connectivity index (χ4v) is 2.38. The van der Waals surface area contributed by atoms with Crippen molar-refractivity contribution in [3.05, 3.63) is 29.8 Å². The Hall–Kier alpha value is -1.45. The highest BCUT2D eigenvalue weighted by molar-refractivity contribution is 5.98. The van der Waals surface area contributed by atoms with Crippen LogP contribution < -0.4 is 4.90 Å². The lowest BCUT2D eigenvalue weighted by molar-refractivity contribution is -0.129. The van der Waals surface area contributed by atoms with E-state index in [4.69, 9.17) is 0 Å². The third kappa shape index (κ3) is 2.24. The number of anilines is 1. The highest BCUT2D eigenvalue weighted by Crippen LogP contribution is 2.36. The fourth-order valence-electron chi connectivity index (χ4n) is 2.38. The van der Waals surface area contributed by atoms with E-state index in [1.54, 1.807) is 0 Å². The van der Waals surface area contributed by atoms with Crippen molar-refractivity contribution in [3.63, 3.8) is 0 Å². The Morgan fingerprint density at radius 2 is 1.78 bits per heavy atom. The maximum absolute atomic E-state index is 13.3. The average Bonchev–Trinajstić information content (AvgIpc) is 2.23. The monoisotopic (exact) mass is 253 g/mol. The number of amides is 1. The molecule has 0 N–H and O–H groups in total. The van der Waals surface area contributed by atoms with Gasteiger partial charge in [0.05, 0.1) is 0 Å². The average molecular weight is 253 g/mol. The number of nitrogens with zero attached hydrogens (tertiary/aromatic N) is 1. The Kier molecular flexibility index (Phi) is 3.13. The minimum Gasteiger partial charge on any atom is -0.309 e. The molecule has 1 aliphatic rings. The maximum Gasteiger partial charge on any atom is 0.232 e. The van der Waals surface area contributed by atoms with E-state index in [0.29, 0.717) is 5.69 Å². The number of piperidine rings is 1. The molecule has 0 radical (unpaired) electrons. The van der Waals surface area contributed by atoms with Gasteiger partial charge in [-0.2, -0.15) is 0 Å². The molecule has 1 aliphatic heterocycles. The second-order valence-electron chi connectivity index (χ2n) is 5.57. The highest BCUT2D eigenvalue weighted by Gasteiger charge is 2.39. The van der Waals surface area contributed by atoms with Gasteiger partial charge in [-0.05, 0) is 31.9 Å². The second kappa shape index (κ2) is 4.34. The molecule has 2 nitrogen and oxygen atoms in total. The van der Waals surface area contributed by atoms with Crippen LogP contribution in [-0.4, -0.2) is 11.9 Å². The lowest BCUT2D eigenvalue weighted by Gasteiger charge is -2.41. The van der Waals surface area contributed by atoms with Crippen molar-refractivity contribution >= 4 is 11.6 Å². The first-order valence-electron chi connectivity index (χ1n) is 6.11. The molecule has 2 rings (SSSR count). The van der Waals surface area contributed by atoms with E-state index in [1.807, 2.05) is 20.8 Å². The van der Waals surface area contributed by atoms with Gasteiger partial charge in [0.1, 0.15) is 11.6 Å². The van der Waals surface area contributed by atoms with Gasteiger partial charge in [-0.25, -0.2) is 8.78 Å². The molecule has 1 amide bonds. The van der Waals surface area contributed by atoms with Crippen LogP contribution in [-0.2, 0) is 4.79 Å². The standard InChI is InChI=1S/C14H17F2NO/c1-9-4-5-14(2,3)13(18)17(9)12-7-10(15)6-11(16)8-12/h6-9H,4-5H2,1-3H3. The van der Waals surface area contributed by atoms with E-state index >= 15 is 0 Å².